The summed E-state index contributed by atoms with van der Waals surface area (Å²) in [5.41, 5.74) is 2.26. The van der Waals surface area contributed by atoms with Gasteiger partial charge in [0.1, 0.15) is 0 Å². The highest BCUT2D eigenvalue weighted by Gasteiger charge is 2.26. The molecule has 3 rings (SSSR count). The Balaban J connectivity index is 2.11. The largest absolute Gasteiger partial charge is 0.392 e. The molecule has 1 aliphatic carbocycles. The second-order valence-corrected chi connectivity index (χ2v) is 5.33. The number of aromatic amines is 1. The van der Waals surface area contributed by atoms with E-state index in [9.17, 15) is 5.11 Å². The number of aliphatic hydroxyl groups excluding tert-OH is 1. The van der Waals surface area contributed by atoms with Crippen molar-refractivity contribution in [1.82, 2.24) is 4.98 Å². The van der Waals surface area contributed by atoms with E-state index in [-0.39, 0.29) is 12.0 Å². The Morgan fingerprint density at radius 2 is 2.06 bits per heavy atom. The number of H-pyrrole nitrogens is 1. The molecule has 1 aliphatic rings. The van der Waals surface area contributed by atoms with E-state index in [2.05, 4.69) is 11.1 Å². The molecular formula is C14H16ClNO. The van der Waals surface area contributed by atoms with Crippen molar-refractivity contribution in [2.75, 3.05) is 0 Å². The number of benzene rings is 1. The third-order valence-corrected chi connectivity index (χ3v) is 4.01. The zero-order valence-corrected chi connectivity index (χ0v) is 10.4. The number of nitrogens with one attached hydrogen (secondary N) is 1. The molecule has 3 heteroatoms. The number of aliphatic hydroxyl groups is 1. The fourth-order valence-corrected chi connectivity index (χ4v) is 3.17. The molecular weight excluding hydrogens is 234 g/mol. The number of rotatable bonds is 1. The Morgan fingerprint density at radius 3 is 2.88 bits per heavy atom. The van der Waals surface area contributed by atoms with Crippen LogP contribution in [0.2, 0.25) is 5.02 Å². The predicted molar refractivity (Wildman–Crippen MR) is 70.5 cm³/mol. The molecule has 0 unspecified atom stereocenters. The van der Waals surface area contributed by atoms with Crippen LogP contribution in [0.25, 0.3) is 10.9 Å². The van der Waals surface area contributed by atoms with Gasteiger partial charge in [-0.25, -0.2) is 0 Å². The number of aromatic nitrogens is 1. The lowest BCUT2D eigenvalue weighted by molar-refractivity contribution is 0.107. The van der Waals surface area contributed by atoms with Gasteiger partial charge in [-0.15, -0.1) is 0 Å². The lowest BCUT2D eigenvalue weighted by Crippen LogP contribution is -2.22. The van der Waals surface area contributed by atoms with E-state index in [1.165, 1.54) is 17.4 Å². The minimum Gasteiger partial charge on any atom is -0.392 e. The highest BCUT2D eigenvalue weighted by molar-refractivity contribution is 6.31. The zero-order chi connectivity index (χ0) is 11.8. The lowest BCUT2D eigenvalue weighted by atomic mass is 9.80. The molecule has 1 heterocycles. The molecule has 1 saturated carbocycles. The molecule has 2 N–H and O–H groups in total. The zero-order valence-electron chi connectivity index (χ0n) is 9.62. The van der Waals surface area contributed by atoms with Crippen molar-refractivity contribution in [3.63, 3.8) is 0 Å². The van der Waals surface area contributed by atoms with E-state index in [0.29, 0.717) is 0 Å². The van der Waals surface area contributed by atoms with Crippen LogP contribution in [0.3, 0.4) is 0 Å². The monoisotopic (exact) mass is 249 g/mol. The summed E-state index contributed by atoms with van der Waals surface area (Å²) in [6.45, 7) is 0. The first kappa shape index (κ1) is 11.1. The number of halogens is 1. The van der Waals surface area contributed by atoms with Gasteiger partial charge in [0.25, 0.3) is 0 Å². The minimum absolute atomic E-state index is 0.222. The first-order valence-electron chi connectivity index (χ1n) is 6.20. The standard InChI is InChI=1S/C14H16ClNO/c15-9-7-12(10-5-6-16-13(10)8-9)11-3-1-2-4-14(11)17/h5-8,11,14,16-17H,1-4H2/t11-,14-/m1/s1. The molecule has 0 bridgehead atoms. The molecule has 0 amide bonds. The quantitative estimate of drug-likeness (QED) is 0.792. The topological polar surface area (TPSA) is 36.0 Å². The van der Waals surface area contributed by atoms with Crippen LogP contribution in [0.5, 0.6) is 0 Å². The molecule has 0 radical (unpaired) electrons. The summed E-state index contributed by atoms with van der Waals surface area (Å²) in [7, 11) is 0. The van der Waals surface area contributed by atoms with Gasteiger partial charge < -0.3 is 10.1 Å². The Hall–Kier alpha value is -0.990. The van der Waals surface area contributed by atoms with Crippen LogP contribution in [0, 0.1) is 0 Å². The van der Waals surface area contributed by atoms with Gasteiger partial charge in [-0.3, -0.25) is 0 Å². The van der Waals surface area contributed by atoms with Crippen molar-refractivity contribution in [3.8, 4) is 0 Å². The van der Waals surface area contributed by atoms with Gasteiger partial charge in [0, 0.05) is 28.0 Å². The molecule has 0 saturated heterocycles. The number of fused-ring (bicyclic) bond motifs is 1. The Labute approximate surface area is 106 Å². The van der Waals surface area contributed by atoms with Crippen molar-refractivity contribution >= 4 is 22.5 Å². The summed E-state index contributed by atoms with van der Waals surface area (Å²) in [6, 6.07) is 6.02. The number of hydrogen-bond donors (Lipinski definition) is 2. The van der Waals surface area contributed by atoms with Crippen molar-refractivity contribution in [2.45, 2.75) is 37.7 Å². The van der Waals surface area contributed by atoms with Crippen LogP contribution in [0.15, 0.2) is 24.4 Å². The molecule has 0 aliphatic heterocycles. The van der Waals surface area contributed by atoms with Gasteiger partial charge in [0.05, 0.1) is 6.10 Å². The van der Waals surface area contributed by atoms with E-state index in [1.54, 1.807) is 0 Å². The highest BCUT2D eigenvalue weighted by atomic mass is 35.5. The first-order chi connectivity index (χ1) is 8.25. The van der Waals surface area contributed by atoms with E-state index in [4.69, 9.17) is 11.6 Å². The van der Waals surface area contributed by atoms with Gasteiger partial charge in [0.2, 0.25) is 0 Å². The SMILES string of the molecule is O[C@@H]1CCCC[C@@H]1c1cc(Cl)cc2[nH]ccc12. The molecule has 17 heavy (non-hydrogen) atoms. The second kappa shape index (κ2) is 4.35. The molecule has 2 aromatic rings. The number of hydrogen-bond acceptors (Lipinski definition) is 1. The molecule has 1 fully saturated rings. The summed E-state index contributed by atoms with van der Waals surface area (Å²) in [4.78, 5) is 3.19. The molecule has 2 atom stereocenters. The molecule has 0 spiro atoms. The second-order valence-electron chi connectivity index (χ2n) is 4.89. The average Bonchev–Trinajstić information content (AvgIpc) is 2.76. The van der Waals surface area contributed by atoms with Crippen LogP contribution in [-0.2, 0) is 0 Å². The summed E-state index contributed by atoms with van der Waals surface area (Å²) >= 11 is 6.15. The maximum Gasteiger partial charge on any atom is 0.0609 e. The molecule has 90 valence electrons. The maximum atomic E-state index is 10.2. The fourth-order valence-electron chi connectivity index (χ4n) is 2.94. The fraction of sp³-hybridized carbons (Fsp3) is 0.429. The summed E-state index contributed by atoms with van der Waals surface area (Å²) in [5.74, 6) is 0.237. The van der Waals surface area contributed by atoms with Crippen LogP contribution in [0.1, 0.15) is 37.2 Å². The predicted octanol–water partition coefficient (Wildman–Crippen LogP) is 3.84. The van der Waals surface area contributed by atoms with Crippen LogP contribution in [0.4, 0.5) is 0 Å². The Bertz CT molecular complexity index is 534. The molecule has 1 aromatic carbocycles. The van der Waals surface area contributed by atoms with Crippen molar-refractivity contribution in [1.29, 1.82) is 0 Å². The van der Waals surface area contributed by atoms with Gasteiger partial charge in [-0.05, 0) is 36.6 Å². The molecule has 2 nitrogen and oxygen atoms in total. The summed E-state index contributed by atoms with van der Waals surface area (Å²) < 4.78 is 0. The lowest BCUT2D eigenvalue weighted by Gasteiger charge is -2.28. The third-order valence-electron chi connectivity index (χ3n) is 3.79. The van der Waals surface area contributed by atoms with Gasteiger partial charge in [-0.1, -0.05) is 24.4 Å². The smallest absolute Gasteiger partial charge is 0.0609 e. The van der Waals surface area contributed by atoms with E-state index in [1.807, 2.05) is 18.3 Å². The van der Waals surface area contributed by atoms with Gasteiger partial charge in [-0.2, -0.15) is 0 Å². The minimum atomic E-state index is -0.222. The summed E-state index contributed by atoms with van der Waals surface area (Å²) in [5, 5.41) is 12.1. The first-order valence-corrected chi connectivity index (χ1v) is 6.58. The van der Waals surface area contributed by atoms with E-state index in [0.717, 1.165) is 29.8 Å². The Morgan fingerprint density at radius 1 is 1.24 bits per heavy atom. The average molecular weight is 250 g/mol. The maximum absolute atomic E-state index is 10.2. The third kappa shape index (κ3) is 1.96. The van der Waals surface area contributed by atoms with Crippen LogP contribution in [-0.4, -0.2) is 16.2 Å². The highest BCUT2D eigenvalue weighted by Crippen LogP contribution is 2.37. The van der Waals surface area contributed by atoms with E-state index >= 15 is 0 Å². The van der Waals surface area contributed by atoms with E-state index < -0.39 is 0 Å². The van der Waals surface area contributed by atoms with Crippen molar-refractivity contribution < 1.29 is 5.11 Å². The normalized spacial score (nSPS) is 25.3. The van der Waals surface area contributed by atoms with Gasteiger partial charge in [0.15, 0.2) is 0 Å². The molecule has 1 aromatic heterocycles. The Kier molecular flexibility index (Phi) is 2.85. The van der Waals surface area contributed by atoms with Crippen molar-refractivity contribution in [2.24, 2.45) is 0 Å². The van der Waals surface area contributed by atoms with Gasteiger partial charge >= 0.3 is 0 Å². The van der Waals surface area contributed by atoms with Crippen LogP contribution >= 0.6 is 11.6 Å². The summed E-state index contributed by atoms with van der Waals surface area (Å²) in [6.07, 6.45) is 6.00. The van der Waals surface area contributed by atoms with Crippen LogP contribution < -0.4 is 0 Å². The van der Waals surface area contributed by atoms with Crippen molar-refractivity contribution in [3.05, 3.63) is 35.0 Å².